The number of nitrogens with two attached hydrogens (primary N) is 1. The molecule has 2 N–H and O–H groups in total. The monoisotopic (exact) mass is 281 g/mol. The highest BCUT2D eigenvalue weighted by Gasteiger charge is 2.03. The van der Waals surface area contributed by atoms with Crippen LogP contribution in [0.1, 0.15) is 25.3 Å². The van der Waals surface area contributed by atoms with Crippen molar-refractivity contribution >= 4 is 6.09 Å². The van der Waals surface area contributed by atoms with Gasteiger partial charge in [-0.25, -0.2) is 4.79 Å². The largest absolute Gasteiger partial charge is 0.450 e. The molecule has 0 aliphatic heterocycles. The Morgan fingerprint density at radius 1 is 1.20 bits per heavy atom. The Hall–Kier alpha value is -1.59. The van der Waals surface area contributed by atoms with Crippen molar-refractivity contribution in [3.05, 3.63) is 35.9 Å². The molecule has 0 aliphatic rings. The second kappa shape index (κ2) is 10.2. The standard InChI is InChI=1S/C15H23NO4/c1-13(6-5-9-20-15(16)17)19-11-10-18-12-14-7-3-2-4-8-14/h2-4,7-8,13H,5-6,9-12H2,1H3,(H2,16,17). The molecule has 5 heteroatoms. The van der Waals surface area contributed by atoms with Gasteiger partial charge in [-0.15, -0.1) is 0 Å². The Morgan fingerprint density at radius 2 is 1.95 bits per heavy atom. The van der Waals surface area contributed by atoms with Crippen LogP contribution in [0.15, 0.2) is 30.3 Å². The van der Waals surface area contributed by atoms with Gasteiger partial charge in [0.15, 0.2) is 0 Å². The number of benzene rings is 1. The molecule has 112 valence electrons. The first-order chi connectivity index (χ1) is 9.68. The first-order valence-corrected chi connectivity index (χ1v) is 6.84. The smallest absolute Gasteiger partial charge is 0.404 e. The predicted octanol–water partition coefficient (Wildman–Crippen LogP) is 2.48. The van der Waals surface area contributed by atoms with Gasteiger partial charge in [-0.05, 0) is 25.3 Å². The second-order valence-electron chi connectivity index (χ2n) is 4.53. The third-order valence-electron chi connectivity index (χ3n) is 2.74. The molecule has 0 bridgehead atoms. The minimum Gasteiger partial charge on any atom is -0.450 e. The van der Waals surface area contributed by atoms with E-state index >= 15 is 0 Å². The van der Waals surface area contributed by atoms with Crippen LogP contribution >= 0.6 is 0 Å². The van der Waals surface area contributed by atoms with Crippen LogP contribution in [-0.4, -0.2) is 32.0 Å². The molecule has 1 rings (SSSR count). The van der Waals surface area contributed by atoms with Crippen LogP contribution in [-0.2, 0) is 20.8 Å². The van der Waals surface area contributed by atoms with E-state index in [0.717, 1.165) is 18.4 Å². The van der Waals surface area contributed by atoms with Gasteiger partial charge in [-0.2, -0.15) is 0 Å². The summed E-state index contributed by atoms with van der Waals surface area (Å²) < 4.78 is 15.7. The minimum absolute atomic E-state index is 0.117. The van der Waals surface area contributed by atoms with Gasteiger partial charge in [-0.3, -0.25) is 0 Å². The number of primary amides is 1. The normalized spacial score (nSPS) is 12.1. The van der Waals surface area contributed by atoms with Crippen molar-refractivity contribution in [2.75, 3.05) is 19.8 Å². The van der Waals surface area contributed by atoms with Gasteiger partial charge in [-0.1, -0.05) is 30.3 Å². The zero-order valence-corrected chi connectivity index (χ0v) is 11.9. The van der Waals surface area contributed by atoms with Crippen molar-refractivity contribution in [1.82, 2.24) is 0 Å². The maximum absolute atomic E-state index is 10.4. The lowest BCUT2D eigenvalue weighted by Crippen LogP contribution is -2.16. The van der Waals surface area contributed by atoms with Gasteiger partial charge in [0.25, 0.3) is 0 Å². The van der Waals surface area contributed by atoms with Crippen LogP contribution in [0.5, 0.6) is 0 Å². The van der Waals surface area contributed by atoms with E-state index in [4.69, 9.17) is 15.2 Å². The summed E-state index contributed by atoms with van der Waals surface area (Å²) in [6.07, 6.45) is 0.959. The Bertz CT molecular complexity index is 369. The molecule has 5 nitrogen and oxygen atoms in total. The van der Waals surface area contributed by atoms with Crippen LogP contribution in [0.3, 0.4) is 0 Å². The maximum atomic E-state index is 10.4. The van der Waals surface area contributed by atoms with Crippen molar-refractivity contribution in [2.45, 2.75) is 32.5 Å². The van der Waals surface area contributed by atoms with E-state index in [2.05, 4.69) is 4.74 Å². The van der Waals surface area contributed by atoms with E-state index in [-0.39, 0.29) is 6.10 Å². The number of carbonyl (C=O) groups is 1. The van der Waals surface area contributed by atoms with E-state index in [9.17, 15) is 4.79 Å². The highest BCUT2D eigenvalue weighted by Crippen LogP contribution is 2.03. The number of hydrogen-bond donors (Lipinski definition) is 1. The van der Waals surface area contributed by atoms with Gasteiger partial charge in [0.05, 0.1) is 32.5 Å². The quantitative estimate of drug-likeness (QED) is 0.669. The first-order valence-electron chi connectivity index (χ1n) is 6.84. The van der Waals surface area contributed by atoms with Crippen LogP contribution in [0, 0.1) is 0 Å². The van der Waals surface area contributed by atoms with E-state index in [0.29, 0.717) is 26.4 Å². The molecule has 0 fully saturated rings. The summed E-state index contributed by atoms with van der Waals surface area (Å²) in [6.45, 7) is 4.06. The molecule has 1 aromatic rings. The number of amides is 1. The number of ether oxygens (including phenoxy) is 3. The molecule has 0 radical (unpaired) electrons. The summed E-state index contributed by atoms with van der Waals surface area (Å²) in [5.41, 5.74) is 6.02. The molecule has 0 aliphatic carbocycles. The number of rotatable bonds is 10. The third-order valence-corrected chi connectivity index (χ3v) is 2.74. The van der Waals surface area contributed by atoms with Gasteiger partial charge >= 0.3 is 6.09 Å². The van der Waals surface area contributed by atoms with Crippen molar-refractivity contribution < 1.29 is 19.0 Å². The number of carbonyl (C=O) groups excluding carboxylic acids is 1. The highest BCUT2D eigenvalue weighted by atomic mass is 16.5. The zero-order chi connectivity index (χ0) is 14.6. The van der Waals surface area contributed by atoms with E-state index in [1.807, 2.05) is 37.3 Å². The van der Waals surface area contributed by atoms with Gasteiger partial charge in [0.1, 0.15) is 0 Å². The molecule has 0 saturated heterocycles. The molecule has 1 atom stereocenters. The molecular weight excluding hydrogens is 258 g/mol. The van der Waals surface area contributed by atoms with Crippen LogP contribution < -0.4 is 5.73 Å². The molecule has 0 saturated carbocycles. The molecule has 0 spiro atoms. The fraction of sp³-hybridized carbons (Fsp3) is 0.533. The average molecular weight is 281 g/mol. The van der Waals surface area contributed by atoms with Crippen LogP contribution in [0.4, 0.5) is 4.79 Å². The summed E-state index contributed by atoms with van der Waals surface area (Å²) in [5.74, 6) is 0. The van der Waals surface area contributed by atoms with E-state index in [1.54, 1.807) is 0 Å². The fourth-order valence-electron chi connectivity index (χ4n) is 1.70. The zero-order valence-electron chi connectivity index (χ0n) is 11.9. The lowest BCUT2D eigenvalue weighted by molar-refractivity contribution is 0.00224. The molecular formula is C15H23NO4. The molecule has 1 aromatic carbocycles. The SMILES string of the molecule is CC(CCCOC(N)=O)OCCOCc1ccccc1. The van der Waals surface area contributed by atoms with E-state index < -0.39 is 6.09 Å². The average Bonchev–Trinajstić information content (AvgIpc) is 2.44. The van der Waals surface area contributed by atoms with Gasteiger partial charge in [0.2, 0.25) is 0 Å². The molecule has 20 heavy (non-hydrogen) atoms. The van der Waals surface area contributed by atoms with Crippen molar-refractivity contribution in [3.8, 4) is 0 Å². The minimum atomic E-state index is -0.729. The third kappa shape index (κ3) is 8.50. The summed E-state index contributed by atoms with van der Waals surface area (Å²) >= 11 is 0. The maximum Gasteiger partial charge on any atom is 0.404 e. The summed E-state index contributed by atoms with van der Waals surface area (Å²) in [4.78, 5) is 10.4. The highest BCUT2D eigenvalue weighted by molar-refractivity contribution is 5.64. The lowest BCUT2D eigenvalue weighted by Gasteiger charge is -2.13. The summed E-state index contributed by atoms with van der Waals surface area (Å²) in [5, 5.41) is 0. The molecule has 0 aromatic heterocycles. The predicted molar refractivity (Wildman–Crippen MR) is 76.3 cm³/mol. The fourth-order valence-corrected chi connectivity index (χ4v) is 1.70. The lowest BCUT2D eigenvalue weighted by atomic mass is 10.2. The first kappa shape index (κ1) is 16.5. The molecule has 1 unspecified atom stereocenters. The summed E-state index contributed by atoms with van der Waals surface area (Å²) in [6, 6.07) is 10.0. The molecule has 1 amide bonds. The Kier molecular flexibility index (Phi) is 8.42. The van der Waals surface area contributed by atoms with Crippen molar-refractivity contribution in [2.24, 2.45) is 5.73 Å². The van der Waals surface area contributed by atoms with Crippen LogP contribution in [0.25, 0.3) is 0 Å². The Balaban J connectivity index is 1.94. The Morgan fingerprint density at radius 3 is 2.65 bits per heavy atom. The topological polar surface area (TPSA) is 70.8 Å². The second-order valence-corrected chi connectivity index (χ2v) is 4.53. The van der Waals surface area contributed by atoms with Crippen molar-refractivity contribution in [1.29, 1.82) is 0 Å². The van der Waals surface area contributed by atoms with Crippen LogP contribution in [0.2, 0.25) is 0 Å². The van der Waals surface area contributed by atoms with Crippen molar-refractivity contribution in [3.63, 3.8) is 0 Å². The van der Waals surface area contributed by atoms with Gasteiger partial charge in [0, 0.05) is 0 Å². The van der Waals surface area contributed by atoms with Gasteiger partial charge < -0.3 is 19.9 Å². The Labute approximate surface area is 120 Å². The molecule has 0 heterocycles. The number of hydrogen-bond acceptors (Lipinski definition) is 4. The summed E-state index contributed by atoms with van der Waals surface area (Å²) in [7, 11) is 0. The van der Waals surface area contributed by atoms with E-state index in [1.165, 1.54) is 0 Å².